The molecule has 0 bridgehead atoms. The number of hydrogen-bond donors (Lipinski definition) is 2. The van der Waals surface area contributed by atoms with Gasteiger partial charge < -0.3 is 15.4 Å². The summed E-state index contributed by atoms with van der Waals surface area (Å²) in [7, 11) is 1.58. The Kier molecular flexibility index (Phi) is 6.67. The number of amides is 1. The summed E-state index contributed by atoms with van der Waals surface area (Å²) in [5, 5.41) is 20.1. The van der Waals surface area contributed by atoms with Crippen molar-refractivity contribution in [3.63, 3.8) is 0 Å². The zero-order chi connectivity index (χ0) is 23.0. The molecule has 0 aliphatic heterocycles. The average Bonchev–Trinajstić information content (AvgIpc) is 3.27. The van der Waals surface area contributed by atoms with Crippen LogP contribution in [0.1, 0.15) is 16.8 Å². The van der Waals surface area contributed by atoms with Gasteiger partial charge in [-0.05, 0) is 36.4 Å². The molecule has 0 atom stereocenters. The molecule has 4 rings (SSSR count). The van der Waals surface area contributed by atoms with Crippen LogP contribution in [0, 0.1) is 11.3 Å². The third-order valence-electron chi connectivity index (χ3n) is 5.08. The standard InChI is InChI=1S/C26H23N5O2/c1-33-21-14-12-20(13-15-21)26(32)29-23-11-6-5-10-22(23)28-25-18-24(19-8-3-2-4-9-19)30-31(25)17-7-16-27/h2-6,8-15,18,28H,7,17H2,1H3,(H,29,32). The maximum absolute atomic E-state index is 12.8. The van der Waals surface area contributed by atoms with Gasteiger partial charge in [0.1, 0.15) is 11.6 Å². The molecular formula is C26H23N5O2. The smallest absolute Gasteiger partial charge is 0.255 e. The number of carbonyl (C=O) groups excluding carboxylic acids is 1. The van der Waals surface area contributed by atoms with Crippen molar-refractivity contribution in [1.82, 2.24) is 9.78 Å². The second kappa shape index (κ2) is 10.2. The molecule has 0 unspecified atom stereocenters. The Morgan fingerprint density at radius 1 is 1.00 bits per heavy atom. The van der Waals surface area contributed by atoms with Crippen molar-refractivity contribution in [2.45, 2.75) is 13.0 Å². The minimum absolute atomic E-state index is 0.227. The van der Waals surface area contributed by atoms with Crippen LogP contribution < -0.4 is 15.4 Å². The van der Waals surface area contributed by atoms with Gasteiger partial charge in [0.15, 0.2) is 0 Å². The lowest BCUT2D eigenvalue weighted by atomic mass is 10.1. The minimum atomic E-state index is -0.227. The second-order valence-electron chi connectivity index (χ2n) is 7.27. The van der Waals surface area contributed by atoms with Gasteiger partial charge in [-0.2, -0.15) is 10.4 Å². The minimum Gasteiger partial charge on any atom is -0.497 e. The van der Waals surface area contributed by atoms with E-state index >= 15 is 0 Å². The SMILES string of the molecule is COc1ccc(C(=O)Nc2ccccc2Nc2cc(-c3ccccc3)nn2CCC#N)cc1. The van der Waals surface area contributed by atoms with Gasteiger partial charge >= 0.3 is 0 Å². The highest BCUT2D eigenvalue weighted by atomic mass is 16.5. The first kappa shape index (κ1) is 21.7. The summed E-state index contributed by atoms with van der Waals surface area (Å²) in [6.45, 7) is 0.450. The van der Waals surface area contributed by atoms with Crippen molar-refractivity contribution >= 4 is 23.1 Å². The van der Waals surface area contributed by atoms with Crippen LogP contribution in [0.5, 0.6) is 5.75 Å². The molecule has 0 aliphatic rings. The summed E-state index contributed by atoms with van der Waals surface area (Å²) in [4.78, 5) is 12.8. The molecule has 1 heterocycles. The fourth-order valence-corrected chi connectivity index (χ4v) is 3.37. The fourth-order valence-electron chi connectivity index (χ4n) is 3.37. The number of nitrogens with one attached hydrogen (secondary N) is 2. The lowest BCUT2D eigenvalue weighted by Crippen LogP contribution is -2.13. The highest BCUT2D eigenvalue weighted by Gasteiger charge is 2.13. The van der Waals surface area contributed by atoms with Crippen LogP contribution >= 0.6 is 0 Å². The van der Waals surface area contributed by atoms with Crippen molar-refractivity contribution in [2.75, 3.05) is 17.7 Å². The lowest BCUT2D eigenvalue weighted by Gasteiger charge is -2.14. The van der Waals surface area contributed by atoms with Gasteiger partial charge in [-0.1, -0.05) is 42.5 Å². The van der Waals surface area contributed by atoms with E-state index in [0.717, 1.165) is 22.8 Å². The molecule has 0 radical (unpaired) electrons. The third kappa shape index (κ3) is 5.20. The van der Waals surface area contributed by atoms with Crippen molar-refractivity contribution in [3.8, 4) is 23.1 Å². The van der Waals surface area contributed by atoms with Gasteiger partial charge in [0.05, 0.1) is 43.2 Å². The number of para-hydroxylation sites is 2. The first-order valence-corrected chi connectivity index (χ1v) is 10.5. The molecular weight excluding hydrogens is 414 g/mol. The normalized spacial score (nSPS) is 10.3. The summed E-state index contributed by atoms with van der Waals surface area (Å²) >= 11 is 0. The molecule has 33 heavy (non-hydrogen) atoms. The largest absolute Gasteiger partial charge is 0.497 e. The molecule has 1 amide bonds. The van der Waals surface area contributed by atoms with Gasteiger partial charge in [0.25, 0.3) is 5.91 Å². The van der Waals surface area contributed by atoms with E-state index in [1.54, 1.807) is 36.1 Å². The predicted molar refractivity (Wildman–Crippen MR) is 129 cm³/mol. The molecule has 7 heteroatoms. The molecule has 0 spiro atoms. The number of methoxy groups -OCH3 is 1. The van der Waals surface area contributed by atoms with Crippen molar-refractivity contribution < 1.29 is 9.53 Å². The van der Waals surface area contributed by atoms with E-state index in [-0.39, 0.29) is 5.91 Å². The van der Waals surface area contributed by atoms with E-state index in [9.17, 15) is 4.79 Å². The Bertz CT molecular complexity index is 1270. The number of nitriles is 1. The van der Waals surface area contributed by atoms with Gasteiger partial charge in [-0.25, -0.2) is 4.68 Å². The first-order chi connectivity index (χ1) is 16.2. The molecule has 0 aliphatic carbocycles. The zero-order valence-electron chi connectivity index (χ0n) is 18.2. The summed E-state index contributed by atoms with van der Waals surface area (Å²) in [5.74, 6) is 1.19. The molecule has 3 aromatic carbocycles. The molecule has 1 aromatic heterocycles. The number of hydrogen-bond acceptors (Lipinski definition) is 5. The fraction of sp³-hybridized carbons (Fsp3) is 0.115. The maximum atomic E-state index is 12.8. The van der Waals surface area contributed by atoms with E-state index in [4.69, 9.17) is 10.00 Å². The van der Waals surface area contributed by atoms with E-state index in [1.165, 1.54) is 0 Å². The van der Waals surface area contributed by atoms with Crippen molar-refractivity contribution in [1.29, 1.82) is 5.26 Å². The molecule has 0 saturated heterocycles. The summed E-state index contributed by atoms with van der Waals surface area (Å²) < 4.78 is 6.93. The molecule has 2 N–H and O–H groups in total. The number of nitrogens with zero attached hydrogens (tertiary/aromatic N) is 3. The quantitative estimate of drug-likeness (QED) is 0.381. The number of benzene rings is 3. The second-order valence-corrected chi connectivity index (χ2v) is 7.27. The highest BCUT2D eigenvalue weighted by Crippen LogP contribution is 2.29. The molecule has 4 aromatic rings. The van der Waals surface area contributed by atoms with Gasteiger partial charge in [-0.15, -0.1) is 0 Å². The number of aryl methyl sites for hydroxylation is 1. The monoisotopic (exact) mass is 437 g/mol. The van der Waals surface area contributed by atoms with Crippen LogP contribution in [0.4, 0.5) is 17.2 Å². The number of carbonyl (C=O) groups is 1. The van der Waals surface area contributed by atoms with E-state index < -0.39 is 0 Å². The van der Waals surface area contributed by atoms with E-state index in [2.05, 4.69) is 21.8 Å². The van der Waals surface area contributed by atoms with Crippen LogP contribution in [-0.2, 0) is 6.54 Å². The van der Waals surface area contributed by atoms with Gasteiger partial charge in [0.2, 0.25) is 0 Å². The van der Waals surface area contributed by atoms with E-state index in [1.807, 2.05) is 60.7 Å². The summed E-state index contributed by atoms with van der Waals surface area (Å²) in [6, 6.07) is 28.3. The number of aromatic nitrogens is 2. The van der Waals surface area contributed by atoms with Crippen LogP contribution in [0.3, 0.4) is 0 Å². The Balaban J connectivity index is 1.60. The van der Waals surface area contributed by atoms with Gasteiger partial charge in [-0.3, -0.25) is 4.79 Å². The summed E-state index contributed by atoms with van der Waals surface area (Å²) in [5.41, 5.74) is 3.66. The first-order valence-electron chi connectivity index (χ1n) is 10.5. The lowest BCUT2D eigenvalue weighted by molar-refractivity contribution is 0.102. The Morgan fingerprint density at radius 2 is 1.70 bits per heavy atom. The molecule has 164 valence electrons. The predicted octanol–water partition coefficient (Wildman–Crippen LogP) is 5.47. The van der Waals surface area contributed by atoms with Crippen LogP contribution in [0.2, 0.25) is 0 Å². The maximum Gasteiger partial charge on any atom is 0.255 e. The number of anilines is 3. The third-order valence-corrected chi connectivity index (χ3v) is 5.08. The summed E-state index contributed by atoms with van der Waals surface area (Å²) in [6.07, 6.45) is 0.334. The van der Waals surface area contributed by atoms with Crippen LogP contribution in [0.15, 0.2) is 84.9 Å². The Morgan fingerprint density at radius 3 is 2.39 bits per heavy atom. The zero-order valence-corrected chi connectivity index (χ0v) is 18.2. The van der Waals surface area contributed by atoms with Crippen molar-refractivity contribution in [3.05, 3.63) is 90.5 Å². The topological polar surface area (TPSA) is 92.0 Å². The van der Waals surface area contributed by atoms with Gasteiger partial charge in [0, 0.05) is 17.2 Å². The van der Waals surface area contributed by atoms with Crippen molar-refractivity contribution in [2.24, 2.45) is 0 Å². The Labute approximate surface area is 192 Å². The van der Waals surface area contributed by atoms with Crippen LogP contribution in [0.25, 0.3) is 11.3 Å². The number of ether oxygens (including phenoxy) is 1. The van der Waals surface area contributed by atoms with Crippen LogP contribution in [-0.4, -0.2) is 22.8 Å². The number of rotatable bonds is 8. The Hall–Kier alpha value is -4.57. The average molecular weight is 438 g/mol. The molecule has 0 fully saturated rings. The van der Waals surface area contributed by atoms with E-state index in [0.29, 0.717) is 30.0 Å². The molecule has 7 nitrogen and oxygen atoms in total. The highest BCUT2D eigenvalue weighted by molar-refractivity contribution is 6.06. The molecule has 0 saturated carbocycles.